The highest BCUT2D eigenvalue weighted by Gasteiger charge is 2.45. The summed E-state index contributed by atoms with van der Waals surface area (Å²) in [6.45, 7) is 0.697. The summed E-state index contributed by atoms with van der Waals surface area (Å²) >= 11 is 0. The van der Waals surface area contributed by atoms with E-state index in [4.69, 9.17) is 15.0 Å². The van der Waals surface area contributed by atoms with Gasteiger partial charge in [-0.1, -0.05) is 17.6 Å². The largest absolute Gasteiger partial charge is 0.385 e. The number of aryl methyl sites for hydroxylation is 1. The fraction of sp³-hybridized carbons (Fsp3) is 0.348. The molecule has 0 atom stereocenters. The molecule has 0 bridgehead atoms. The molecule has 0 radical (unpaired) electrons. The van der Waals surface area contributed by atoms with Gasteiger partial charge in [-0.2, -0.15) is 4.98 Å². The highest BCUT2D eigenvalue weighted by atomic mass is 16.5. The van der Waals surface area contributed by atoms with Crippen molar-refractivity contribution in [2.45, 2.75) is 37.5 Å². The number of nitrogens with two attached hydrogens (primary N) is 1. The predicted molar refractivity (Wildman–Crippen MR) is 120 cm³/mol. The van der Waals surface area contributed by atoms with Crippen molar-refractivity contribution in [2.24, 2.45) is 0 Å². The molecule has 0 aromatic carbocycles. The molecular weight excluding hydrogens is 420 g/mol. The van der Waals surface area contributed by atoms with E-state index in [1.54, 1.807) is 31.9 Å². The van der Waals surface area contributed by atoms with Crippen molar-refractivity contribution in [3.63, 3.8) is 0 Å². The number of rotatable bonds is 8. The van der Waals surface area contributed by atoms with Gasteiger partial charge >= 0.3 is 0 Å². The quantitative estimate of drug-likeness (QED) is 0.403. The number of methoxy groups -OCH3 is 1. The molecular formula is C23H24N8O2. The molecule has 0 unspecified atom stereocenters. The third-order valence-corrected chi connectivity index (χ3v) is 6.05. The Morgan fingerprint density at radius 3 is 2.42 bits per heavy atom. The molecule has 1 saturated carbocycles. The number of pyridine rings is 1. The summed E-state index contributed by atoms with van der Waals surface area (Å²) in [6.07, 6.45) is 13.3. The van der Waals surface area contributed by atoms with Gasteiger partial charge in [-0.05, 0) is 37.3 Å². The van der Waals surface area contributed by atoms with Gasteiger partial charge in [0.25, 0.3) is 5.89 Å². The lowest BCUT2D eigenvalue weighted by Crippen LogP contribution is -2.36. The maximum atomic E-state index is 5.57. The van der Waals surface area contributed by atoms with Crippen molar-refractivity contribution in [1.29, 1.82) is 0 Å². The van der Waals surface area contributed by atoms with Gasteiger partial charge in [0.2, 0.25) is 5.95 Å². The molecule has 5 rings (SSSR count). The first kappa shape index (κ1) is 21.1. The van der Waals surface area contributed by atoms with Crippen molar-refractivity contribution in [1.82, 2.24) is 35.1 Å². The highest BCUT2D eigenvalue weighted by molar-refractivity contribution is 5.58. The molecule has 33 heavy (non-hydrogen) atoms. The van der Waals surface area contributed by atoms with E-state index in [1.165, 1.54) is 0 Å². The molecule has 10 nitrogen and oxygen atoms in total. The van der Waals surface area contributed by atoms with Crippen LogP contribution in [0.4, 0.5) is 5.95 Å². The van der Waals surface area contributed by atoms with Gasteiger partial charge in [0.1, 0.15) is 5.69 Å². The maximum absolute atomic E-state index is 5.57. The number of hydrogen-bond donors (Lipinski definition) is 1. The number of hydrogen-bond acceptors (Lipinski definition) is 10. The third-order valence-electron chi connectivity index (χ3n) is 6.05. The van der Waals surface area contributed by atoms with Crippen LogP contribution in [-0.2, 0) is 16.6 Å². The van der Waals surface area contributed by atoms with Gasteiger partial charge in [0.05, 0.1) is 23.0 Å². The van der Waals surface area contributed by atoms with Crippen molar-refractivity contribution in [3.8, 4) is 22.8 Å². The summed E-state index contributed by atoms with van der Waals surface area (Å²) < 4.78 is 10.6. The Morgan fingerprint density at radius 2 is 1.79 bits per heavy atom. The normalized spacial score (nSPS) is 14.7. The number of aromatic nitrogens is 7. The lowest BCUT2D eigenvalue weighted by Gasteiger charge is -2.39. The Labute approximate surface area is 190 Å². The molecule has 4 aromatic rings. The molecule has 1 aliphatic carbocycles. The van der Waals surface area contributed by atoms with Gasteiger partial charge < -0.3 is 15.0 Å². The number of nitrogens with zero attached hydrogens (tertiary/aromatic N) is 7. The monoisotopic (exact) mass is 444 g/mol. The summed E-state index contributed by atoms with van der Waals surface area (Å²) in [4.78, 5) is 26.3. The van der Waals surface area contributed by atoms with Gasteiger partial charge in [0.15, 0.2) is 5.82 Å². The second kappa shape index (κ2) is 8.99. The van der Waals surface area contributed by atoms with Crippen LogP contribution in [0.2, 0.25) is 0 Å². The molecule has 4 aromatic heterocycles. The van der Waals surface area contributed by atoms with Crippen LogP contribution in [0.15, 0.2) is 47.6 Å². The van der Waals surface area contributed by atoms with Crippen LogP contribution < -0.4 is 5.73 Å². The van der Waals surface area contributed by atoms with Crippen LogP contribution in [0.5, 0.6) is 0 Å². The first-order chi connectivity index (χ1) is 16.2. The molecule has 1 aliphatic rings. The Bertz CT molecular complexity index is 1200. The minimum atomic E-state index is -0.307. The van der Waals surface area contributed by atoms with E-state index in [1.807, 2.05) is 12.3 Å². The Kier molecular flexibility index (Phi) is 5.74. The van der Waals surface area contributed by atoms with Gasteiger partial charge in [-0.3, -0.25) is 9.97 Å². The van der Waals surface area contributed by atoms with Crippen molar-refractivity contribution in [2.75, 3.05) is 19.5 Å². The van der Waals surface area contributed by atoms with E-state index >= 15 is 0 Å². The number of ether oxygens (including phenoxy) is 1. The summed E-state index contributed by atoms with van der Waals surface area (Å²) in [5.41, 5.74) is 9.38. The fourth-order valence-electron chi connectivity index (χ4n) is 4.00. The van der Waals surface area contributed by atoms with E-state index in [9.17, 15) is 0 Å². The first-order valence-corrected chi connectivity index (χ1v) is 10.9. The zero-order valence-electron chi connectivity index (χ0n) is 18.3. The van der Waals surface area contributed by atoms with E-state index in [0.717, 1.165) is 54.6 Å². The molecule has 168 valence electrons. The summed E-state index contributed by atoms with van der Waals surface area (Å²) in [5.74, 6) is 1.26. The number of anilines is 1. The molecule has 1 fully saturated rings. The van der Waals surface area contributed by atoms with E-state index in [2.05, 4.69) is 41.1 Å². The Balaban J connectivity index is 1.36. The van der Waals surface area contributed by atoms with Crippen LogP contribution in [0.3, 0.4) is 0 Å². The van der Waals surface area contributed by atoms with E-state index in [0.29, 0.717) is 24.0 Å². The first-order valence-electron chi connectivity index (χ1n) is 10.9. The van der Waals surface area contributed by atoms with Gasteiger partial charge in [-0.25, -0.2) is 15.0 Å². The Morgan fingerprint density at radius 1 is 0.970 bits per heavy atom. The zero-order chi connectivity index (χ0) is 22.7. The van der Waals surface area contributed by atoms with Crippen molar-refractivity contribution in [3.05, 3.63) is 60.2 Å². The van der Waals surface area contributed by atoms with Gasteiger partial charge in [0, 0.05) is 44.1 Å². The van der Waals surface area contributed by atoms with Crippen LogP contribution in [0, 0.1) is 0 Å². The third kappa shape index (κ3) is 4.17. The lowest BCUT2D eigenvalue weighted by atomic mass is 9.64. The number of nitrogen functional groups attached to an aromatic ring is 1. The van der Waals surface area contributed by atoms with Crippen molar-refractivity contribution >= 4 is 5.95 Å². The second-order valence-corrected chi connectivity index (χ2v) is 8.11. The van der Waals surface area contributed by atoms with E-state index < -0.39 is 0 Å². The van der Waals surface area contributed by atoms with Crippen LogP contribution >= 0.6 is 0 Å². The lowest BCUT2D eigenvalue weighted by molar-refractivity contribution is 0.195. The van der Waals surface area contributed by atoms with Gasteiger partial charge in [-0.15, -0.1) is 0 Å². The molecule has 0 amide bonds. The minimum absolute atomic E-state index is 0.238. The predicted octanol–water partition coefficient (Wildman–Crippen LogP) is 3.01. The van der Waals surface area contributed by atoms with E-state index in [-0.39, 0.29) is 11.4 Å². The summed E-state index contributed by atoms with van der Waals surface area (Å²) in [7, 11) is 1.69. The zero-order valence-corrected chi connectivity index (χ0v) is 18.3. The summed E-state index contributed by atoms with van der Waals surface area (Å²) in [5, 5.41) is 4.30. The minimum Gasteiger partial charge on any atom is -0.385 e. The van der Waals surface area contributed by atoms with Crippen LogP contribution in [-0.4, -0.2) is 48.8 Å². The molecule has 2 N–H and O–H groups in total. The fourth-order valence-corrected chi connectivity index (χ4v) is 4.00. The highest BCUT2D eigenvalue weighted by Crippen LogP contribution is 2.48. The Hall–Kier alpha value is -3.79. The topological polar surface area (TPSA) is 139 Å². The average Bonchev–Trinajstić information content (AvgIpc) is 3.30. The van der Waals surface area contributed by atoms with Crippen LogP contribution in [0.1, 0.15) is 42.8 Å². The molecule has 0 aliphatic heterocycles. The molecule has 0 saturated heterocycles. The molecule has 0 spiro atoms. The SMILES string of the molecule is COCCCc1cnc(-c2nc(C3(c4ccc(-c5cnc(N)nc5)nc4)CCC3)no2)cn1. The molecule has 4 heterocycles. The standard InChI is InChI=1S/C23H24N8O2/c1-32-9-2-4-17-13-27-19(14-25-17)20-30-21(31-33-20)23(7-3-8-23)16-5-6-18(26-12-16)15-10-28-22(24)29-11-15/h5-6,10-14H,2-4,7-9H2,1H3,(H2,24,28,29). The second-order valence-electron chi connectivity index (χ2n) is 8.11. The summed E-state index contributed by atoms with van der Waals surface area (Å²) in [6, 6.07) is 4.02. The average molecular weight is 444 g/mol. The van der Waals surface area contributed by atoms with Crippen molar-refractivity contribution < 1.29 is 9.26 Å². The smallest absolute Gasteiger partial charge is 0.278 e. The van der Waals surface area contributed by atoms with Crippen LogP contribution in [0.25, 0.3) is 22.8 Å². The molecule has 10 heteroatoms. The maximum Gasteiger partial charge on any atom is 0.278 e.